The summed E-state index contributed by atoms with van der Waals surface area (Å²) in [6, 6.07) is 13.7. The van der Waals surface area contributed by atoms with Crippen LogP contribution in [0.2, 0.25) is 5.02 Å². The molecule has 1 atom stereocenters. The van der Waals surface area contributed by atoms with Crippen LogP contribution in [-0.4, -0.2) is 29.3 Å². The number of methoxy groups -OCH3 is 1. The van der Waals surface area contributed by atoms with Gasteiger partial charge in [-0.05, 0) is 59.6 Å². The third-order valence-corrected chi connectivity index (χ3v) is 5.69. The van der Waals surface area contributed by atoms with Crippen molar-refractivity contribution in [1.29, 1.82) is 0 Å². The first-order valence-electron chi connectivity index (χ1n) is 8.52. The number of aliphatic carboxylic acids is 1. The topological polar surface area (TPSA) is 87.7 Å². The van der Waals surface area contributed by atoms with Gasteiger partial charge in [0, 0.05) is 15.4 Å². The maximum absolute atomic E-state index is 11.7. The van der Waals surface area contributed by atoms with Crippen LogP contribution in [0.25, 0.3) is 10.1 Å². The van der Waals surface area contributed by atoms with Crippen molar-refractivity contribution >= 4 is 68.0 Å². The molecule has 3 aromatic rings. The van der Waals surface area contributed by atoms with E-state index < -0.39 is 12.0 Å². The molecule has 0 saturated heterocycles. The van der Waals surface area contributed by atoms with Crippen molar-refractivity contribution in [3.05, 3.63) is 64.0 Å². The summed E-state index contributed by atoms with van der Waals surface area (Å²) in [5.74, 6) is -1.33. The number of nitrogens with one attached hydrogen (secondary N) is 2. The van der Waals surface area contributed by atoms with Gasteiger partial charge in [0.05, 0.1) is 19.6 Å². The number of anilines is 1. The highest BCUT2D eigenvalue weighted by Crippen LogP contribution is 2.29. The lowest BCUT2D eigenvalue weighted by Gasteiger charge is -2.20. The second kappa shape index (κ2) is 9.21. The van der Waals surface area contributed by atoms with Crippen LogP contribution in [0.4, 0.5) is 5.69 Å². The molecular formula is C20H17ClN2O4S2. The highest BCUT2D eigenvalue weighted by atomic mass is 35.5. The fraction of sp³-hybridized carbons (Fsp3) is 0.150. The molecule has 1 aromatic heterocycles. The molecule has 0 aliphatic carbocycles. The predicted octanol–water partition coefficient (Wildman–Crippen LogP) is 4.84. The van der Waals surface area contributed by atoms with Crippen LogP contribution in [0, 0.1) is 0 Å². The Bertz CT molecular complexity index is 1070. The van der Waals surface area contributed by atoms with Gasteiger partial charge in [-0.15, -0.1) is 11.3 Å². The minimum Gasteiger partial charge on any atom is -0.481 e. The van der Waals surface area contributed by atoms with E-state index in [1.165, 1.54) is 18.4 Å². The summed E-state index contributed by atoms with van der Waals surface area (Å²) < 4.78 is 5.70. The largest absolute Gasteiger partial charge is 0.481 e. The summed E-state index contributed by atoms with van der Waals surface area (Å²) in [6.07, 6.45) is -0.143. The Labute approximate surface area is 181 Å². The number of thiocarbonyl (C=S) groups is 1. The van der Waals surface area contributed by atoms with Gasteiger partial charge in [0.25, 0.3) is 0 Å². The minimum absolute atomic E-state index is 0.143. The van der Waals surface area contributed by atoms with Gasteiger partial charge in [0.2, 0.25) is 0 Å². The number of rotatable bonds is 6. The van der Waals surface area contributed by atoms with Gasteiger partial charge in [-0.3, -0.25) is 4.79 Å². The number of carbonyl (C=O) groups excluding carboxylic acids is 1. The summed E-state index contributed by atoms with van der Waals surface area (Å²) in [7, 11) is 1.35. The standard InChI is InChI=1S/C20H17ClN2O4S2/c1-27-19(26)17-9-12-8-14(6-7-16(12)29-17)22-20(28)23-15(10-18(24)25)11-2-4-13(21)5-3-11/h2-9,15H,10H2,1H3,(H,24,25)(H2,22,23,28)/t15-/m1/s1. The lowest BCUT2D eigenvalue weighted by molar-refractivity contribution is -0.137. The lowest BCUT2D eigenvalue weighted by atomic mass is 10.0. The maximum atomic E-state index is 11.7. The van der Waals surface area contributed by atoms with E-state index in [9.17, 15) is 14.7 Å². The average molecular weight is 449 g/mol. The number of ether oxygens (including phenoxy) is 1. The third kappa shape index (κ3) is 5.44. The maximum Gasteiger partial charge on any atom is 0.348 e. The smallest absolute Gasteiger partial charge is 0.348 e. The first-order valence-corrected chi connectivity index (χ1v) is 10.1. The van der Waals surface area contributed by atoms with E-state index in [0.29, 0.717) is 9.90 Å². The number of carboxylic acids is 1. The summed E-state index contributed by atoms with van der Waals surface area (Å²) in [6.45, 7) is 0. The average Bonchev–Trinajstić information content (AvgIpc) is 3.10. The fourth-order valence-corrected chi connectivity index (χ4v) is 4.12. The molecule has 3 rings (SSSR count). The Kier molecular flexibility index (Phi) is 6.68. The number of halogens is 1. The Morgan fingerprint density at radius 3 is 2.59 bits per heavy atom. The van der Waals surface area contributed by atoms with Crippen molar-refractivity contribution in [3.8, 4) is 0 Å². The number of carboxylic acid groups (broad SMARTS) is 1. The quantitative estimate of drug-likeness (QED) is 0.367. The Balaban J connectivity index is 1.74. The van der Waals surface area contributed by atoms with Crippen LogP contribution in [0.1, 0.15) is 27.7 Å². The van der Waals surface area contributed by atoms with E-state index in [-0.39, 0.29) is 17.5 Å². The fourth-order valence-electron chi connectivity index (χ4n) is 2.77. The molecule has 1 heterocycles. The number of carbonyl (C=O) groups is 2. The molecule has 2 aromatic carbocycles. The number of fused-ring (bicyclic) bond motifs is 1. The number of thiophene rings is 1. The normalized spacial score (nSPS) is 11.7. The zero-order chi connectivity index (χ0) is 21.0. The molecule has 0 radical (unpaired) electrons. The molecule has 9 heteroatoms. The van der Waals surface area contributed by atoms with E-state index in [1.807, 2.05) is 18.2 Å². The molecule has 0 unspecified atom stereocenters. The first-order chi connectivity index (χ1) is 13.9. The SMILES string of the molecule is COC(=O)c1cc2cc(NC(=S)N[C@H](CC(=O)O)c3ccc(Cl)cc3)ccc2s1. The van der Waals surface area contributed by atoms with Crippen LogP contribution in [0.5, 0.6) is 0 Å². The predicted molar refractivity (Wildman–Crippen MR) is 119 cm³/mol. The van der Waals surface area contributed by atoms with Crippen molar-refractivity contribution in [2.24, 2.45) is 0 Å². The monoisotopic (exact) mass is 448 g/mol. The zero-order valence-corrected chi connectivity index (χ0v) is 17.7. The van der Waals surface area contributed by atoms with Gasteiger partial charge < -0.3 is 20.5 Å². The lowest BCUT2D eigenvalue weighted by Crippen LogP contribution is -2.33. The summed E-state index contributed by atoms with van der Waals surface area (Å²) in [5, 5.41) is 17.1. The Morgan fingerprint density at radius 1 is 1.21 bits per heavy atom. The van der Waals surface area contributed by atoms with Gasteiger partial charge in [-0.25, -0.2) is 4.79 Å². The summed E-state index contributed by atoms with van der Waals surface area (Å²) in [5.41, 5.74) is 1.48. The molecule has 0 fully saturated rings. The second-order valence-electron chi connectivity index (χ2n) is 6.16. The number of hydrogen-bond acceptors (Lipinski definition) is 5. The number of benzene rings is 2. The summed E-state index contributed by atoms with van der Waals surface area (Å²) in [4.78, 5) is 23.5. The van der Waals surface area contributed by atoms with Crippen molar-refractivity contribution in [2.75, 3.05) is 12.4 Å². The van der Waals surface area contributed by atoms with Crippen molar-refractivity contribution in [3.63, 3.8) is 0 Å². The molecule has 0 amide bonds. The first kappa shape index (κ1) is 21.0. The van der Waals surface area contributed by atoms with Gasteiger partial charge in [0.1, 0.15) is 4.88 Å². The molecule has 0 aliphatic rings. The summed E-state index contributed by atoms with van der Waals surface area (Å²) >= 11 is 12.6. The van der Waals surface area contributed by atoms with Gasteiger partial charge >= 0.3 is 11.9 Å². The number of esters is 1. The molecule has 0 spiro atoms. The van der Waals surface area contributed by atoms with Crippen molar-refractivity contribution in [1.82, 2.24) is 5.32 Å². The molecule has 29 heavy (non-hydrogen) atoms. The molecule has 0 aliphatic heterocycles. The van der Waals surface area contributed by atoms with E-state index in [0.717, 1.165) is 21.3 Å². The van der Waals surface area contributed by atoms with Crippen LogP contribution >= 0.6 is 35.2 Å². The van der Waals surface area contributed by atoms with Crippen LogP contribution in [-0.2, 0) is 9.53 Å². The van der Waals surface area contributed by atoms with E-state index in [4.69, 9.17) is 28.6 Å². The molecule has 3 N–H and O–H groups in total. The molecule has 0 bridgehead atoms. The zero-order valence-electron chi connectivity index (χ0n) is 15.3. The van der Waals surface area contributed by atoms with E-state index in [1.54, 1.807) is 30.3 Å². The Morgan fingerprint density at radius 2 is 1.93 bits per heavy atom. The van der Waals surface area contributed by atoms with E-state index in [2.05, 4.69) is 10.6 Å². The molecular weight excluding hydrogens is 432 g/mol. The van der Waals surface area contributed by atoms with Crippen LogP contribution in [0.15, 0.2) is 48.5 Å². The highest BCUT2D eigenvalue weighted by Gasteiger charge is 2.17. The van der Waals surface area contributed by atoms with E-state index >= 15 is 0 Å². The second-order valence-corrected chi connectivity index (χ2v) is 8.08. The highest BCUT2D eigenvalue weighted by molar-refractivity contribution is 7.80. The Hall–Kier alpha value is -2.68. The van der Waals surface area contributed by atoms with Gasteiger partial charge in [-0.2, -0.15) is 0 Å². The van der Waals surface area contributed by atoms with Crippen molar-refractivity contribution < 1.29 is 19.4 Å². The van der Waals surface area contributed by atoms with Gasteiger partial charge in [0.15, 0.2) is 5.11 Å². The van der Waals surface area contributed by atoms with Crippen LogP contribution < -0.4 is 10.6 Å². The molecule has 6 nitrogen and oxygen atoms in total. The molecule has 0 saturated carbocycles. The third-order valence-electron chi connectivity index (χ3n) is 4.12. The number of hydrogen-bond donors (Lipinski definition) is 3. The molecule has 150 valence electrons. The van der Waals surface area contributed by atoms with Crippen molar-refractivity contribution in [2.45, 2.75) is 12.5 Å². The minimum atomic E-state index is -0.949. The van der Waals surface area contributed by atoms with Gasteiger partial charge in [-0.1, -0.05) is 23.7 Å². The van der Waals surface area contributed by atoms with Crippen LogP contribution in [0.3, 0.4) is 0 Å².